The molecule has 0 radical (unpaired) electrons. The van der Waals surface area contributed by atoms with E-state index in [4.69, 9.17) is 9.84 Å². The number of ether oxygens (including phenoxy) is 1. The zero-order chi connectivity index (χ0) is 22.4. The molecule has 1 aliphatic carbocycles. The van der Waals surface area contributed by atoms with Gasteiger partial charge in [0.05, 0.1) is 6.42 Å². The maximum Gasteiger partial charge on any atom is 0.407 e. The van der Waals surface area contributed by atoms with Crippen LogP contribution in [-0.4, -0.2) is 42.8 Å². The highest BCUT2D eigenvalue weighted by molar-refractivity contribution is 5.79. The third-order valence-corrected chi connectivity index (χ3v) is 5.36. The minimum Gasteiger partial charge on any atom is -0.481 e. The minimum atomic E-state index is -0.962. The fraction of sp³-hybridized carbons (Fsp3) is 0.375. The van der Waals surface area contributed by atoms with Crippen molar-refractivity contribution in [1.82, 2.24) is 10.6 Å². The number of hydrogen-bond acceptors (Lipinski definition) is 4. The predicted octanol–water partition coefficient (Wildman–Crippen LogP) is 3.53. The molecule has 0 heterocycles. The molecule has 0 saturated heterocycles. The Morgan fingerprint density at radius 3 is 2.13 bits per heavy atom. The molecule has 3 rings (SSSR count). The Hall–Kier alpha value is -3.35. The molecule has 0 atom stereocenters. The summed E-state index contributed by atoms with van der Waals surface area (Å²) >= 11 is 0. The van der Waals surface area contributed by atoms with Gasteiger partial charge in [-0.2, -0.15) is 0 Å². The molecule has 0 unspecified atom stereocenters. The van der Waals surface area contributed by atoms with Gasteiger partial charge in [0.1, 0.15) is 6.61 Å². The highest BCUT2D eigenvalue weighted by Gasteiger charge is 2.29. The molecule has 7 heteroatoms. The summed E-state index contributed by atoms with van der Waals surface area (Å²) in [6.45, 7) is 4.29. The summed E-state index contributed by atoms with van der Waals surface area (Å²) in [5.41, 5.74) is 4.13. The molecular formula is C24H28N2O5. The Bertz CT molecular complexity index is 924. The van der Waals surface area contributed by atoms with E-state index in [2.05, 4.69) is 34.9 Å². The Morgan fingerprint density at radius 1 is 0.968 bits per heavy atom. The maximum atomic E-state index is 12.3. The maximum absolute atomic E-state index is 12.3. The van der Waals surface area contributed by atoms with Gasteiger partial charge in [-0.1, -0.05) is 62.4 Å². The van der Waals surface area contributed by atoms with Gasteiger partial charge in [0.25, 0.3) is 0 Å². The lowest BCUT2D eigenvalue weighted by molar-refractivity contribution is -0.136. The van der Waals surface area contributed by atoms with E-state index in [1.807, 2.05) is 38.1 Å². The summed E-state index contributed by atoms with van der Waals surface area (Å²) in [5.74, 6) is -1.22. The van der Waals surface area contributed by atoms with Gasteiger partial charge in [0, 0.05) is 25.4 Å². The van der Waals surface area contributed by atoms with Crippen LogP contribution in [0.2, 0.25) is 0 Å². The van der Waals surface area contributed by atoms with Crippen LogP contribution in [0.4, 0.5) is 4.79 Å². The van der Waals surface area contributed by atoms with Crippen LogP contribution in [0.5, 0.6) is 0 Å². The third kappa shape index (κ3) is 5.84. The summed E-state index contributed by atoms with van der Waals surface area (Å²) < 4.78 is 5.52. The zero-order valence-corrected chi connectivity index (χ0v) is 17.8. The van der Waals surface area contributed by atoms with Crippen LogP contribution in [0, 0.1) is 5.41 Å². The van der Waals surface area contributed by atoms with Gasteiger partial charge in [-0.3, -0.25) is 9.59 Å². The Labute approximate surface area is 181 Å². The molecule has 0 spiro atoms. The van der Waals surface area contributed by atoms with Crippen LogP contribution in [-0.2, 0) is 14.3 Å². The molecule has 2 aromatic carbocycles. The molecule has 0 bridgehead atoms. The van der Waals surface area contributed by atoms with Crippen molar-refractivity contribution in [3.05, 3.63) is 59.7 Å². The van der Waals surface area contributed by atoms with Crippen molar-refractivity contribution in [3.8, 4) is 11.1 Å². The standard InChI is InChI=1S/C24H28N2O5/c1-24(2,13-21(27)25-12-11-22(28)29)15-26-23(30)31-14-20-18-9-5-3-7-16(18)17-8-4-6-10-19(17)20/h3-10,20H,11-15H2,1-2H3,(H,25,27)(H,26,30)(H,28,29). The van der Waals surface area contributed by atoms with E-state index in [0.29, 0.717) is 0 Å². The lowest BCUT2D eigenvalue weighted by atomic mass is 9.89. The zero-order valence-electron chi connectivity index (χ0n) is 17.8. The molecule has 0 aliphatic heterocycles. The molecule has 0 fully saturated rings. The van der Waals surface area contributed by atoms with Crippen molar-refractivity contribution in [1.29, 1.82) is 0 Å². The van der Waals surface area contributed by atoms with E-state index < -0.39 is 17.5 Å². The molecule has 3 N–H and O–H groups in total. The SMILES string of the molecule is CC(C)(CNC(=O)OCC1c2ccccc2-c2ccccc21)CC(=O)NCCC(=O)O. The predicted molar refractivity (Wildman–Crippen MR) is 117 cm³/mol. The van der Waals surface area contributed by atoms with Gasteiger partial charge in [-0.15, -0.1) is 0 Å². The summed E-state index contributed by atoms with van der Waals surface area (Å²) in [5, 5.41) is 13.9. The Balaban J connectivity index is 1.49. The molecule has 0 aromatic heterocycles. The molecule has 7 nitrogen and oxygen atoms in total. The number of aliphatic carboxylic acids is 1. The van der Waals surface area contributed by atoms with Crippen molar-refractivity contribution in [2.45, 2.75) is 32.6 Å². The average molecular weight is 424 g/mol. The van der Waals surface area contributed by atoms with E-state index in [0.717, 1.165) is 11.1 Å². The van der Waals surface area contributed by atoms with E-state index in [1.165, 1.54) is 11.1 Å². The smallest absolute Gasteiger partial charge is 0.407 e. The van der Waals surface area contributed by atoms with E-state index in [1.54, 1.807) is 0 Å². The first-order chi connectivity index (χ1) is 14.8. The van der Waals surface area contributed by atoms with Crippen LogP contribution in [0.3, 0.4) is 0 Å². The average Bonchev–Trinajstić information content (AvgIpc) is 3.04. The fourth-order valence-electron chi connectivity index (χ4n) is 3.83. The first-order valence-electron chi connectivity index (χ1n) is 10.3. The second kappa shape index (κ2) is 9.64. The van der Waals surface area contributed by atoms with E-state index in [9.17, 15) is 14.4 Å². The largest absolute Gasteiger partial charge is 0.481 e. The first-order valence-corrected chi connectivity index (χ1v) is 10.3. The number of rotatable bonds is 9. The number of carbonyl (C=O) groups is 3. The van der Waals surface area contributed by atoms with Crippen molar-refractivity contribution in [2.75, 3.05) is 19.7 Å². The quantitative estimate of drug-likeness (QED) is 0.571. The Morgan fingerprint density at radius 2 is 1.55 bits per heavy atom. The van der Waals surface area contributed by atoms with E-state index in [-0.39, 0.29) is 44.4 Å². The molecule has 1 aliphatic rings. The summed E-state index contributed by atoms with van der Waals surface area (Å²) in [6.07, 6.45) is -0.485. The molecule has 164 valence electrons. The molecule has 0 saturated carbocycles. The number of amides is 2. The lowest BCUT2D eigenvalue weighted by Crippen LogP contribution is -2.38. The molecule has 2 aromatic rings. The van der Waals surface area contributed by atoms with Gasteiger partial charge >= 0.3 is 12.1 Å². The summed E-state index contributed by atoms with van der Waals surface area (Å²) in [4.78, 5) is 34.8. The monoisotopic (exact) mass is 424 g/mol. The van der Waals surface area contributed by atoms with Crippen molar-refractivity contribution < 1.29 is 24.2 Å². The van der Waals surface area contributed by atoms with Crippen molar-refractivity contribution in [2.24, 2.45) is 5.41 Å². The number of benzene rings is 2. The van der Waals surface area contributed by atoms with Gasteiger partial charge in [0.2, 0.25) is 5.91 Å². The second-order valence-electron chi connectivity index (χ2n) is 8.51. The number of alkyl carbamates (subject to hydrolysis) is 1. The first kappa shape index (κ1) is 22.3. The van der Waals surface area contributed by atoms with Crippen LogP contribution in [0.25, 0.3) is 11.1 Å². The van der Waals surface area contributed by atoms with Crippen LogP contribution >= 0.6 is 0 Å². The van der Waals surface area contributed by atoms with Crippen molar-refractivity contribution >= 4 is 18.0 Å². The normalized spacial score (nSPS) is 12.6. The van der Waals surface area contributed by atoms with Crippen LogP contribution < -0.4 is 10.6 Å². The Kier molecular flexibility index (Phi) is 6.95. The molecule has 31 heavy (non-hydrogen) atoms. The lowest BCUT2D eigenvalue weighted by Gasteiger charge is -2.24. The number of carboxylic acid groups (broad SMARTS) is 1. The number of fused-ring (bicyclic) bond motifs is 3. The number of nitrogens with one attached hydrogen (secondary N) is 2. The van der Waals surface area contributed by atoms with E-state index >= 15 is 0 Å². The summed E-state index contributed by atoms with van der Waals surface area (Å²) in [6, 6.07) is 16.3. The second-order valence-corrected chi connectivity index (χ2v) is 8.51. The van der Waals surface area contributed by atoms with Gasteiger partial charge < -0.3 is 20.5 Å². The third-order valence-electron chi connectivity index (χ3n) is 5.36. The summed E-state index contributed by atoms with van der Waals surface area (Å²) in [7, 11) is 0. The highest BCUT2D eigenvalue weighted by atomic mass is 16.5. The highest BCUT2D eigenvalue weighted by Crippen LogP contribution is 2.44. The van der Waals surface area contributed by atoms with Gasteiger partial charge in [0.15, 0.2) is 0 Å². The number of hydrogen-bond donors (Lipinski definition) is 3. The van der Waals surface area contributed by atoms with Crippen LogP contribution in [0.1, 0.15) is 43.7 Å². The van der Waals surface area contributed by atoms with Gasteiger partial charge in [-0.05, 0) is 27.7 Å². The topological polar surface area (TPSA) is 105 Å². The fourth-order valence-corrected chi connectivity index (χ4v) is 3.83. The van der Waals surface area contributed by atoms with Gasteiger partial charge in [-0.25, -0.2) is 4.79 Å². The minimum absolute atomic E-state index is 0.00817. The molecular weight excluding hydrogens is 396 g/mol. The van der Waals surface area contributed by atoms with Crippen LogP contribution in [0.15, 0.2) is 48.5 Å². The van der Waals surface area contributed by atoms with Crippen molar-refractivity contribution in [3.63, 3.8) is 0 Å². The number of carbonyl (C=O) groups excluding carboxylic acids is 2. The molecule has 2 amide bonds. The number of carboxylic acids is 1.